The number of anilines is 1. The van der Waals surface area contributed by atoms with Crippen molar-refractivity contribution in [1.82, 2.24) is 19.5 Å². The van der Waals surface area contributed by atoms with Gasteiger partial charge in [0, 0.05) is 60.0 Å². The molecule has 11 nitrogen and oxygen atoms in total. The average Bonchev–Trinajstić information content (AvgIpc) is 3.65. The van der Waals surface area contributed by atoms with Crippen LogP contribution in [0.2, 0.25) is 51.4 Å². The molecule has 2 aromatic heterocycles. The van der Waals surface area contributed by atoms with Crippen LogP contribution in [0.25, 0.3) is 16.8 Å². The molecule has 4 heterocycles. The summed E-state index contributed by atoms with van der Waals surface area (Å²) in [7, 11) is -2.54. The van der Waals surface area contributed by atoms with Crippen LogP contribution in [-0.4, -0.2) is 93.9 Å². The SMILES string of the molecule is CC(C)(C)OC(=O)N1CCCC(c2cc(N(COCC[Si](C)(C)C)COCC[Si](C)(C)C)n3ncc(-c4ccc5c(c4)OCO5)c3n2)C1. The molecule has 0 aliphatic carbocycles. The number of likely N-dealkylation sites (tertiary alicyclic amines) is 1. The zero-order valence-corrected chi connectivity index (χ0v) is 32.4. The van der Waals surface area contributed by atoms with Crippen LogP contribution >= 0.6 is 0 Å². The predicted octanol–water partition coefficient (Wildman–Crippen LogP) is 7.67. The number of hydrogen-bond donors (Lipinski definition) is 0. The van der Waals surface area contributed by atoms with Crippen molar-refractivity contribution in [2.24, 2.45) is 0 Å². The van der Waals surface area contributed by atoms with E-state index in [0.717, 1.165) is 59.0 Å². The van der Waals surface area contributed by atoms with Crippen LogP contribution in [0.3, 0.4) is 0 Å². The maximum Gasteiger partial charge on any atom is 0.410 e. The summed E-state index contributed by atoms with van der Waals surface area (Å²) in [6.07, 6.45) is 3.35. The maximum absolute atomic E-state index is 13.1. The third kappa shape index (κ3) is 9.73. The van der Waals surface area contributed by atoms with Gasteiger partial charge in [0.1, 0.15) is 24.9 Å². The van der Waals surface area contributed by atoms with Crippen LogP contribution in [-0.2, 0) is 14.2 Å². The lowest BCUT2D eigenvalue weighted by molar-refractivity contribution is 0.0197. The van der Waals surface area contributed by atoms with E-state index in [1.54, 1.807) is 0 Å². The summed E-state index contributed by atoms with van der Waals surface area (Å²) < 4.78 is 31.6. The summed E-state index contributed by atoms with van der Waals surface area (Å²) in [5.74, 6) is 2.30. The summed E-state index contributed by atoms with van der Waals surface area (Å²) in [5.41, 5.74) is 2.90. The predicted molar refractivity (Wildman–Crippen MR) is 195 cm³/mol. The van der Waals surface area contributed by atoms with Gasteiger partial charge in [0.25, 0.3) is 0 Å². The van der Waals surface area contributed by atoms with Gasteiger partial charge in [-0.1, -0.05) is 45.3 Å². The van der Waals surface area contributed by atoms with Gasteiger partial charge in [-0.15, -0.1) is 0 Å². The Kier molecular flexibility index (Phi) is 11.1. The Labute approximate surface area is 287 Å². The lowest BCUT2D eigenvalue weighted by atomic mass is 9.94. The van der Waals surface area contributed by atoms with E-state index in [1.165, 1.54) is 0 Å². The number of ether oxygens (including phenoxy) is 5. The fourth-order valence-corrected chi connectivity index (χ4v) is 7.17. The molecule has 264 valence electrons. The molecule has 3 aromatic rings. The first kappa shape index (κ1) is 36.2. The highest BCUT2D eigenvalue weighted by Gasteiger charge is 2.31. The van der Waals surface area contributed by atoms with Crippen molar-refractivity contribution in [3.05, 3.63) is 36.2 Å². The van der Waals surface area contributed by atoms with Gasteiger partial charge in [-0.2, -0.15) is 9.61 Å². The molecule has 13 heteroatoms. The minimum Gasteiger partial charge on any atom is -0.454 e. The molecule has 0 N–H and O–H groups in total. The molecule has 48 heavy (non-hydrogen) atoms. The minimum absolute atomic E-state index is 0.0250. The minimum atomic E-state index is -1.27. The molecule has 2 aliphatic heterocycles. The number of fused-ring (bicyclic) bond motifs is 2. The van der Waals surface area contributed by atoms with Gasteiger partial charge in [0.05, 0.1) is 11.9 Å². The van der Waals surface area contributed by atoms with Crippen molar-refractivity contribution in [1.29, 1.82) is 0 Å². The van der Waals surface area contributed by atoms with Crippen molar-refractivity contribution in [2.75, 3.05) is 51.5 Å². The van der Waals surface area contributed by atoms with E-state index in [2.05, 4.69) is 50.2 Å². The summed E-state index contributed by atoms with van der Waals surface area (Å²) in [6.45, 7) is 23.4. The van der Waals surface area contributed by atoms with Crippen LogP contribution in [0.5, 0.6) is 11.5 Å². The molecule has 2 aliphatic rings. The maximum atomic E-state index is 13.1. The number of aromatic nitrogens is 3. The van der Waals surface area contributed by atoms with Gasteiger partial charge in [0.2, 0.25) is 6.79 Å². The third-order valence-corrected chi connectivity index (χ3v) is 11.9. The van der Waals surface area contributed by atoms with Crippen LogP contribution in [0.4, 0.5) is 10.6 Å². The number of nitrogens with zero attached hydrogens (tertiary/aromatic N) is 5. The molecule has 1 amide bonds. The number of rotatable bonds is 13. The van der Waals surface area contributed by atoms with Gasteiger partial charge < -0.3 is 33.5 Å². The van der Waals surface area contributed by atoms with Crippen molar-refractivity contribution in [3.8, 4) is 22.6 Å². The molecule has 1 saturated heterocycles. The Morgan fingerprint density at radius 1 is 0.979 bits per heavy atom. The molecule has 1 fully saturated rings. The van der Waals surface area contributed by atoms with Crippen LogP contribution in [0.1, 0.15) is 45.2 Å². The average molecular weight is 698 g/mol. The number of piperidine rings is 1. The zero-order chi connectivity index (χ0) is 34.7. The van der Waals surface area contributed by atoms with Gasteiger partial charge >= 0.3 is 6.09 Å². The van der Waals surface area contributed by atoms with E-state index >= 15 is 0 Å². The third-order valence-electron chi connectivity index (χ3n) is 8.46. The largest absolute Gasteiger partial charge is 0.454 e. The van der Waals surface area contributed by atoms with E-state index in [1.807, 2.05) is 54.6 Å². The highest BCUT2D eigenvalue weighted by molar-refractivity contribution is 6.76. The first-order valence-electron chi connectivity index (χ1n) is 17.2. The summed E-state index contributed by atoms with van der Waals surface area (Å²) in [5, 5.41) is 4.87. The van der Waals surface area contributed by atoms with Crippen molar-refractivity contribution >= 4 is 33.7 Å². The van der Waals surface area contributed by atoms with E-state index in [9.17, 15) is 4.79 Å². The van der Waals surface area contributed by atoms with Gasteiger partial charge in [0.15, 0.2) is 17.1 Å². The van der Waals surface area contributed by atoms with E-state index in [0.29, 0.717) is 45.5 Å². The van der Waals surface area contributed by atoms with Gasteiger partial charge in [-0.25, -0.2) is 9.78 Å². The Bertz CT molecular complexity index is 1540. The second-order valence-electron chi connectivity index (χ2n) is 16.4. The smallest absolute Gasteiger partial charge is 0.410 e. The van der Waals surface area contributed by atoms with Crippen LogP contribution in [0, 0.1) is 0 Å². The Hall–Kier alpha value is -3.14. The molecule has 0 bridgehead atoms. The van der Waals surface area contributed by atoms with E-state index in [-0.39, 0.29) is 18.8 Å². The van der Waals surface area contributed by atoms with E-state index in [4.69, 9.17) is 33.8 Å². The molecule has 5 rings (SSSR count). The molecular formula is C35H55N5O6Si2. The van der Waals surface area contributed by atoms with Crippen LogP contribution in [0.15, 0.2) is 30.5 Å². The molecule has 1 aromatic carbocycles. The second-order valence-corrected chi connectivity index (χ2v) is 27.6. The number of hydrogen-bond acceptors (Lipinski definition) is 9. The monoisotopic (exact) mass is 697 g/mol. The van der Waals surface area contributed by atoms with E-state index < -0.39 is 21.7 Å². The highest BCUT2D eigenvalue weighted by atomic mass is 28.3. The summed E-state index contributed by atoms with van der Waals surface area (Å²) >= 11 is 0. The molecule has 0 spiro atoms. The summed E-state index contributed by atoms with van der Waals surface area (Å²) in [4.78, 5) is 22.3. The fourth-order valence-electron chi connectivity index (χ4n) is 5.65. The first-order chi connectivity index (χ1) is 22.6. The molecule has 0 radical (unpaired) electrons. The molecule has 1 unspecified atom stereocenters. The number of carbonyl (C=O) groups excluding carboxylic acids is 1. The number of benzene rings is 1. The molecule has 1 atom stereocenters. The lowest BCUT2D eigenvalue weighted by Gasteiger charge is -2.34. The topological polar surface area (TPSA) is 99.9 Å². The van der Waals surface area contributed by atoms with Crippen LogP contribution < -0.4 is 14.4 Å². The Balaban J connectivity index is 1.52. The van der Waals surface area contributed by atoms with Gasteiger partial charge in [-0.3, -0.25) is 0 Å². The summed E-state index contributed by atoms with van der Waals surface area (Å²) in [6, 6.07) is 10.2. The number of amides is 1. The molecular weight excluding hydrogens is 643 g/mol. The lowest BCUT2D eigenvalue weighted by Crippen LogP contribution is -2.42. The van der Waals surface area contributed by atoms with Crippen molar-refractivity contribution in [2.45, 2.75) is 96.5 Å². The Morgan fingerprint density at radius 2 is 1.65 bits per heavy atom. The number of carbonyl (C=O) groups is 1. The van der Waals surface area contributed by atoms with Crippen molar-refractivity contribution < 1.29 is 28.5 Å². The standard InChI is InChI=1S/C35H55N5O6Si2/c1-35(2,3)46-34(41)38-14-10-11-27(22-38)29-20-32(39(23-42-15-17-47(4,5)6)24-43-16-18-48(7,8)9)40-33(37-29)28(21-36-40)26-12-13-30-31(19-26)45-25-44-30/h12-13,19-21,27H,10-11,14-18,22-25H2,1-9H3. The normalized spacial score (nSPS) is 16.9. The van der Waals surface area contributed by atoms with Crippen molar-refractivity contribution in [3.63, 3.8) is 0 Å². The van der Waals surface area contributed by atoms with Gasteiger partial charge in [-0.05, 0) is 63.4 Å². The quantitative estimate of drug-likeness (QED) is 0.101. The second kappa shape index (κ2) is 14.8. The highest BCUT2D eigenvalue weighted by Crippen LogP contribution is 2.38. The molecule has 0 saturated carbocycles. The Morgan fingerprint density at radius 3 is 2.29 bits per heavy atom. The first-order valence-corrected chi connectivity index (χ1v) is 24.6. The zero-order valence-electron chi connectivity index (χ0n) is 30.4. The fraction of sp³-hybridized carbons (Fsp3) is 0.629.